The minimum absolute atomic E-state index is 0.240. The number of aromatic nitrogens is 1. The van der Waals surface area contributed by atoms with Gasteiger partial charge >= 0.3 is 5.97 Å². The number of ether oxygens (including phenoxy) is 1. The molecule has 0 aliphatic carbocycles. The van der Waals surface area contributed by atoms with E-state index in [4.69, 9.17) is 9.15 Å². The largest absolute Gasteiger partial charge is 0.460 e. The Kier molecular flexibility index (Phi) is 7.68. The van der Waals surface area contributed by atoms with Crippen LogP contribution in [0.25, 0.3) is 21.9 Å². The summed E-state index contributed by atoms with van der Waals surface area (Å²) >= 11 is 0. The van der Waals surface area contributed by atoms with E-state index >= 15 is 0 Å². The number of nitrogens with one attached hydrogen (secondary N) is 3. The summed E-state index contributed by atoms with van der Waals surface area (Å²) in [5, 5.41) is 9.19. The molecule has 0 spiro atoms. The fraction of sp³-hybridized carbons (Fsp3) is 0.370. The molecular formula is C27H33N3O3. The normalized spacial score (nSPS) is 11.3. The third-order valence-corrected chi connectivity index (χ3v) is 5.91. The summed E-state index contributed by atoms with van der Waals surface area (Å²) in [5.41, 5.74) is 5.73. The molecule has 0 bridgehead atoms. The number of aryl methyl sites for hydroxylation is 2. The number of rotatable bonds is 12. The first-order valence-corrected chi connectivity index (χ1v) is 11.9. The van der Waals surface area contributed by atoms with Crippen molar-refractivity contribution in [1.82, 2.24) is 10.3 Å². The summed E-state index contributed by atoms with van der Waals surface area (Å²) in [6.45, 7) is 7.04. The molecule has 6 heteroatoms. The van der Waals surface area contributed by atoms with Gasteiger partial charge in [0.25, 0.3) is 0 Å². The highest BCUT2D eigenvalue weighted by molar-refractivity contribution is 5.93. The molecule has 4 aromatic rings. The molecule has 0 aliphatic heterocycles. The van der Waals surface area contributed by atoms with Gasteiger partial charge in [-0.2, -0.15) is 0 Å². The molecule has 4 rings (SSSR count). The smallest absolute Gasteiger partial charge is 0.374 e. The lowest BCUT2D eigenvalue weighted by molar-refractivity contribution is 0.0492. The van der Waals surface area contributed by atoms with E-state index in [1.165, 1.54) is 28.5 Å². The molecule has 0 saturated heterocycles. The molecule has 0 radical (unpaired) electrons. The van der Waals surface area contributed by atoms with E-state index in [0.717, 1.165) is 50.0 Å². The average Bonchev–Trinajstić information content (AvgIpc) is 3.44. The van der Waals surface area contributed by atoms with Crippen LogP contribution in [0.5, 0.6) is 0 Å². The number of esters is 1. The molecule has 2 aromatic heterocycles. The average molecular weight is 448 g/mol. The fourth-order valence-electron chi connectivity index (χ4n) is 4.09. The minimum atomic E-state index is -0.428. The third-order valence-electron chi connectivity index (χ3n) is 5.91. The van der Waals surface area contributed by atoms with Crippen LogP contribution in [0.3, 0.4) is 0 Å². The van der Waals surface area contributed by atoms with Crippen molar-refractivity contribution in [2.24, 2.45) is 0 Å². The lowest BCUT2D eigenvalue weighted by Gasteiger charge is -2.08. The van der Waals surface area contributed by atoms with Gasteiger partial charge in [0.1, 0.15) is 5.58 Å². The number of benzene rings is 2. The van der Waals surface area contributed by atoms with Crippen LogP contribution in [0.15, 0.2) is 53.1 Å². The minimum Gasteiger partial charge on any atom is -0.460 e. The SMILES string of the molecule is CCOC(=O)c1cc2cc(NCCNCCCCc3c[nH]c4ccc(CC)cc34)ccc2o1. The standard InChI is InChI=1S/C27H33N3O3/c1-3-19-8-10-24-23(15-19)20(18-30-24)7-5-6-12-28-13-14-29-22-9-11-25-21(16-22)17-26(33-25)27(31)32-4-2/h8-11,15-18,28-30H,3-7,12-14H2,1-2H3. The highest BCUT2D eigenvalue weighted by Crippen LogP contribution is 2.24. The molecule has 0 amide bonds. The Balaban J connectivity index is 1.15. The maximum atomic E-state index is 11.8. The Morgan fingerprint density at radius 3 is 2.79 bits per heavy atom. The molecule has 2 aromatic carbocycles. The topological polar surface area (TPSA) is 79.3 Å². The second-order valence-corrected chi connectivity index (χ2v) is 8.27. The molecule has 2 heterocycles. The van der Waals surface area contributed by atoms with Gasteiger partial charge in [-0.15, -0.1) is 0 Å². The van der Waals surface area contributed by atoms with Crippen molar-refractivity contribution in [3.8, 4) is 0 Å². The van der Waals surface area contributed by atoms with Crippen molar-refractivity contribution in [1.29, 1.82) is 0 Å². The van der Waals surface area contributed by atoms with Crippen LogP contribution in [0.1, 0.15) is 48.4 Å². The van der Waals surface area contributed by atoms with Crippen molar-refractivity contribution in [3.63, 3.8) is 0 Å². The molecule has 0 saturated carbocycles. The van der Waals surface area contributed by atoms with Crippen LogP contribution in [-0.2, 0) is 17.6 Å². The van der Waals surface area contributed by atoms with Gasteiger partial charge in [0.2, 0.25) is 5.76 Å². The van der Waals surface area contributed by atoms with Gasteiger partial charge in [-0.05, 0) is 86.7 Å². The van der Waals surface area contributed by atoms with Crippen molar-refractivity contribution < 1.29 is 13.9 Å². The summed E-state index contributed by atoms with van der Waals surface area (Å²) in [6.07, 6.45) is 6.66. The van der Waals surface area contributed by atoms with Crippen LogP contribution in [0, 0.1) is 0 Å². The molecular weight excluding hydrogens is 414 g/mol. The van der Waals surface area contributed by atoms with Crippen LogP contribution in [0.4, 0.5) is 5.69 Å². The quantitative estimate of drug-likeness (QED) is 0.192. The molecule has 0 aliphatic rings. The van der Waals surface area contributed by atoms with Gasteiger partial charge in [0.15, 0.2) is 0 Å². The molecule has 0 fully saturated rings. The summed E-state index contributed by atoms with van der Waals surface area (Å²) < 4.78 is 10.6. The van der Waals surface area contributed by atoms with E-state index in [1.807, 2.05) is 18.2 Å². The first-order valence-electron chi connectivity index (χ1n) is 11.9. The van der Waals surface area contributed by atoms with Crippen LogP contribution < -0.4 is 10.6 Å². The second kappa shape index (κ2) is 11.1. The Morgan fingerprint density at radius 2 is 1.94 bits per heavy atom. The van der Waals surface area contributed by atoms with Gasteiger partial charge in [0.05, 0.1) is 6.61 Å². The zero-order valence-corrected chi connectivity index (χ0v) is 19.5. The number of unbranched alkanes of at least 4 members (excludes halogenated alkanes) is 1. The monoisotopic (exact) mass is 447 g/mol. The van der Waals surface area contributed by atoms with Crippen molar-refractivity contribution in [3.05, 3.63) is 65.5 Å². The van der Waals surface area contributed by atoms with E-state index in [-0.39, 0.29) is 5.76 Å². The second-order valence-electron chi connectivity index (χ2n) is 8.27. The number of furan rings is 1. The molecule has 0 atom stereocenters. The Bertz CT molecular complexity index is 1210. The number of carbonyl (C=O) groups excluding carboxylic acids is 1. The lowest BCUT2D eigenvalue weighted by Crippen LogP contribution is -2.23. The molecule has 174 valence electrons. The van der Waals surface area contributed by atoms with E-state index in [1.54, 1.807) is 13.0 Å². The third kappa shape index (κ3) is 5.76. The summed E-state index contributed by atoms with van der Waals surface area (Å²) in [4.78, 5) is 15.2. The predicted octanol–water partition coefficient (Wildman–Crippen LogP) is 5.68. The number of H-pyrrole nitrogens is 1. The van der Waals surface area contributed by atoms with Crippen molar-refractivity contribution in [2.45, 2.75) is 39.5 Å². The summed E-state index contributed by atoms with van der Waals surface area (Å²) in [5.74, 6) is -0.188. The van der Waals surface area contributed by atoms with Gasteiger partial charge < -0.3 is 24.8 Å². The van der Waals surface area contributed by atoms with Gasteiger partial charge in [-0.3, -0.25) is 0 Å². The van der Waals surface area contributed by atoms with Gasteiger partial charge in [0, 0.05) is 41.3 Å². The first-order chi connectivity index (χ1) is 16.2. The fourth-order valence-corrected chi connectivity index (χ4v) is 4.09. The Labute approximate surface area is 194 Å². The molecule has 3 N–H and O–H groups in total. The molecule has 33 heavy (non-hydrogen) atoms. The number of hydrogen-bond acceptors (Lipinski definition) is 5. The lowest BCUT2D eigenvalue weighted by atomic mass is 10.0. The molecule has 0 unspecified atom stereocenters. The Hall–Kier alpha value is -3.25. The number of anilines is 1. The van der Waals surface area contributed by atoms with Crippen LogP contribution >= 0.6 is 0 Å². The number of carbonyl (C=O) groups is 1. The highest BCUT2D eigenvalue weighted by Gasteiger charge is 2.13. The van der Waals surface area contributed by atoms with E-state index < -0.39 is 5.97 Å². The van der Waals surface area contributed by atoms with Gasteiger partial charge in [-0.25, -0.2) is 4.79 Å². The van der Waals surface area contributed by atoms with Crippen LogP contribution in [0.2, 0.25) is 0 Å². The van der Waals surface area contributed by atoms with E-state index in [9.17, 15) is 4.79 Å². The van der Waals surface area contributed by atoms with Crippen molar-refractivity contribution in [2.75, 3.05) is 31.6 Å². The Morgan fingerprint density at radius 1 is 1.03 bits per heavy atom. The summed E-state index contributed by atoms with van der Waals surface area (Å²) in [7, 11) is 0. The number of hydrogen-bond donors (Lipinski definition) is 3. The van der Waals surface area contributed by atoms with E-state index in [2.05, 4.69) is 46.9 Å². The number of fused-ring (bicyclic) bond motifs is 2. The summed E-state index contributed by atoms with van der Waals surface area (Å²) in [6, 6.07) is 14.3. The van der Waals surface area contributed by atoms with Crippen LogP contribution in [-0.4, -0.2) is 37.2 Å². The zero-order valence-electron chi connectivity index (χ0n) is 19.5. The molecule has 6 nitrogen and oxygen atoms in total. The van der Waals surface area contributed by atoms with Crippen molar-refractivity contribution >= 4 is 33.5 Å². The number of aromatic amines is 1. The first kappa shape index (κ1) is 22.9. The maximum absolute atomic E-state index is 11.8. The van der Waals surface area contributed by atoms with E-state index in [0.29, 0.717) is 12.2 Å². The van der Waals surface area contributed by atoms with Gasteiger partial charge in [-0.1, -0.05) is 13.0 Å². The zero-order chi connectivity index (χ0) is 23.0. The highest BCUT2D eigenvalue weighted by atomic mass is 16.5. The maximum Gasteiger partial charge on any atom is 0.374 e. The predicted molar refractivity (Wildman–Crippen MR) is 134 cm³/mol.